The average molecular weight is 267 g/mol. The van der Waals surface area contributed by atoms with Crippen LogP contribution in [-0.2, 0) is 16.1 Å². The van der Waals surface area contributed by atoms with Crippen LogP contribution in [-0.4, -0.2) is 52.0 Å². The summed E-state index contributed by atoms with van der Waals surface area (Å²) in [7, 11) is 1.65. The van der Waals surface area contributed by atoms with Gasteiger partial charge in [-0.15, -0.1) is 0 Å². The normalized spacial score (nSPS) is 18.6. The highest BCUT2D eigenvalue weighted by atomic mass is 16.5. The number of rotatable bonds is 4. The van der Waals surface area contributed by atoms with E-state index in [1.54, 1.807) is 12.0 Å². The lowest BCUT2D eigenvalue weighted by atomic mass is 10.0. The Labute approximate surface area is 113 Å². The number of carbonyl (C=O) groups is 1. The Bertz CT molecular complexity index is 423. The second-order valence-corrected chi connectivity index (χ2v) is 4.95. The van der Waals surface area contributed by atoms with E-state index in [0.717, 1.165) is 18.5 Å². The van der Waals surface area contributed by atoms with Gasteiger partial charge in [-0.1, -0.05) is 0 Å². The molecule has 19 heavy (non-hydrogen) atoms. The standard InChI is InChI=1S/C13H21N3O3/c1-10(17)13(18)15-6-4-12(5-7-15)16-8-3-11(14-16)9-19-2/h3,8,10,12,17H,4-7,9H2,1-2H3. The van der Waals surface area contributed by atoms with Gasteiger partial charge < -0.3 is 14.7 Å². The maximum absolute atomic E-state index is 11.7. The van der Waals surface area contributed by atoms with E-state index in [9.17, 15) is 9.90 Å². The second-order valence-electron chi connectivity index (χ2n) is 4.95. The van der Waals surface area contributed by atoms with E-state index in [1.165, 1.54) is 6.92 Å². The number of aromatic nitrogens is 2. The van der Waals surface area contributed by atoms with Crippen molar-refractivity contribution in [3.05, 3.63) is 18.0 Å². The summed E-state index contributed by atoms with van der Waals surface area (Å²) >= 11 is 0. The summed E-state index contributed by atoms with van der Waals surface area (Å²) in [5.74, 6) is -0.181. The van der Waals surface area contributed by atoms with Crippen molar-refractivity contribution in [3.63, 3.8) is 0 Å². The first-order chi connectivity index (χ1) is 9.11. The summed E-state index contributed by atoms with van der Waals surface area (Å²) in [4.78, 5) is 13.4. The number of aliphatic hydroxyl groups is 1. The molecule has 1 aliphatic rings. The lowest BCUT2D eigenvalue weighted by Gasteiger charge is -2.32. The van der Waals surface area contributed by atoms with Crippen LogP contribution < -0.4 is 0 Å². The number of methoxy groups -OCH3 is 1. The molecule has 1 atom stereocenters. The van der Waals surface area contributed by atoms with Crippen molar-refractivity contribution in [2.75, 3.05) is 20.2 Å². The molecule has 6 nitrogen and oxygen atoms in total. The molecule has 1 aromatic rings. The minimum atomic E-state index is -0.908. The minimum Gasteiger partial charge on any atom is -0.384 e. The maximum Gasteiger partial charge on any atom is 0.251 e. The number of ether oxygens (including phenoxy) is 1. The fourth-order valence-corrected chi connectivity index (χ4v) is 2.42. The van der Waals surface area contributed by atoms with Gasteiger partial charge in [0.15, 0.2) is 0 Å². The van der Waals surface area contributed by atoms with Crippen molar-refractivity contribution >= 4 is 5.91 Å². The molecular weight excluding hydrogens is 246 g/mol. The van der Waals surface area contributed by atoms with E-state index in [2.05, 4.69) is 5.10 Å². The number of likely N-dealkylation sites (tertiary alicyclic amines) is 1. The van der Waals surface area contributed by atoms with Gasteiger partial charge in [0.25, 0.3) is 5.91 Å². The number of hydrogen-bond donors (Lipinski definition) is 1. The van der Waals surface area contributed by atoms with Crippen molar-refractivity contribution in [1.29, 1.82) is 0 Å². The Morgan fingerprint density at radius 2 is 2.26 bits per heavy atom. The molecule has 1 N–H and O–H groups in total. The fraction of sp³-hybridized carbons (Fsp3) is 0.692. The molecule has 6 heteroatoms. The monoisotopic (exact) mass is 267 g/mol. The van der Waals surface area contributed by atoms with E-state index in [4.69, 9.17) is 4.74 Å². The number of piperidine rings is 1. The summed E-state index contributed by atoms with van der Waals surface area (Å²) in [6, 6.07) is 2.28. The molecule has 0 bridgehead atoms. The molecule has 1 fully saturated rings. The summed E-state index contributed by atoms with van der Waals surface area (Å²) < 4.78 is 7.00. The van der Waals surface area contributed by atoms with Gasteiger partial charge in [-0.25, -0.2) is 0 Å². The SMILES string of the molecule is COCc1ccn(C2CCN(C(=O)C(C)O)CC2)n1. The fourth-order valence-electron chi connectivity index (χ4n) is 2.42. The Morgan fingerprint density at radius 3 is 2.84 bits per heavy atom. The van der Waals surface area contributed by atoms with Gasteiger partial charge in [0.05, 0.1) is 18.3 Å². The lowest BCUT2D eigenvalue weighted by molar-refractivity contribution is -0.140. The highest BCUT2D eigenvalue weighted by Crippen LogP contribution is 2.22. The first-order valence-electron chi connectivity index (χ1n) is 6.61. The molecule has 0 aliphatic carbocycles. The zero-order valence-electron chi connectivity index (χ0n) is 11.5. The molecule has 1 aromatic heterocycles. The molecule has 1 amide bonds. The summed E-state index contributed by atoms with van der Waals surface area (Å²) in [5.41, 5.74) is 0.921. The molecule has 0 saturated carbocycles. The number of carbonyl (C=O) groups excluding carboxylic acids is 1. The molecule has 2 heterocycles. The summed E-state index contributed by atoms with van der Waals surface area (Å²) in [5, 5.41) is 13.8. The maximum atomic E-state index is 11.7. The number of amides is 1. The Kier molecular flexibility index (Phi) is 4.55. The zero-order valence-corrected chi connectivity index (χ0v) is 11.5. The van der Waals surface area contributed by atoms with Crippen LogP contribution in [0.4, 0.5) is 0 Å². The van der Waals surface area contributed by atoms with E-state index in [0.29, 0.717) is 25.7 Å². The van der Waals surface area contributed by atoms with Crippen LogP contribution >= 0.6 is 0 Å². The van der Waals surface area contributed by atoms with Crippen LogP contribution in [0.3, 0.4) is 0 Å². The van der Waals surface area contributed by atoms with Crippen molar-refractivity contribution in [3.8, 4) is 0 Å². The predicted molar refractivity (Wildman–Crippen MR) is 69.5 cm³/mol. The Morgan fingerprint density at radius 1 is 1.58 bits per heavy atom. The van der Waals surface area contributed by atoms with Crippen molar-refractivity contribution < 1.29 is 14.6 Å². The molecule has 0 radical (unpaired) electrons. The molecule has 0 aromatic carbocycles. The van der Waals surface area contributed by atoms with Gasteiger partial charge in [-0.2, -0.15) is 5.10 Å². The third kappa shape index (κ3) is 3.33. The third-order valence-corrected chi connectivity index (χ3v) is 3.46. The van der Waals surface area contributed by atoms with Crippen molar-refractivity contribution in [1.82, 2.24) is 14.7 Å². The largest absolute Gasteiger partial charge is 0.384 e. The topological polar surface area (TPSA) is 67.6 Å². The smallest absolute Gasteiger partial charge is 0.251 e. The van der Waals surface area contributed by atoms with E-state index >= 15 is 0 Å². The summed E-state index contributed by atoms with van der Waals surface area (Å²) in [6.07, 6.45) is 2.79. The molecule has 1 aliphatic heterocycles. The van der Waals surface area contributed by atoms with E-state index in [-0.39, 0.29) is 5.91 Å². The van der Waals surface area contributed by atoms with Gasteiger partial charge >= 0.3 is 0 Å². The highest BCUT2D eigenvalue weighted by molar-refractivity contribution is 5.80. The van der Waals surface area contributed by atoms with Crippen LogP contribution in [0.1, 0.15) is 31.5 Å². The van der Waals surface area contributed by atoms with E-state index < -0.39 is 6.10 Å². The Balaban J connectivity index is 1.90. The lowest BCUT2D eigenvalue weighted by Crippen LogP contribution is -2.43. The molecule has 1 saturated heterocycles. The average Bonchev–Trinajstić information content (AvgIpc) is 2.87. The number of hydrogen-bond acceptors (Lipinski definition) is 4. The number of nitrogens with zero attached hydrogens (tertiary/aromatic N) is 3. The van der Waals surface area contributed by atoms with Gasteiger partial charge in [0.2, 0.25) is 0 Å². The molecule has 106 valence electrons. The second kappa shape index (κ2) is 6.16. The van der Waals surface area contributed by atoms with Crippen LogP contribution in [0.25, 0.3) is 0 Å². The van der Waals surface area contributed by atoms with Gasteiger partial charge in [-0.3, -0.25) is 9.48 Å². The van der Waals surface area contributed by atoms with Crippen molar-refractivity contribution in [2.24, 2.45) is 0 Å². The van der Waals surface area contributed by atoms with Crippen LogP contribution in [0.2, 0.25) is 0 Å². The Hall–Kier alpha value is -1.40. The van der Waals surface area contributed by atoms with Crippen LogP contribution in [0.15, 0.2) is 12.3 Å². The number of aliphatic hydroxyl groups excluding tert-OH is 1. The van der Waals surface area contributed by atoms with Crippen LogP contribution in [0, 0.1) is 0 Å². The van der Waals surface area contributed by atoms with Crippen molar-refractivity contribution in [2.45, 2.75) is 38.5 Å². The molecule has 0 spiro atoms. The summed E-state index contributed by atoms with van der Waals surface area (Å²) in [6.45, 7) is 3.38. The quantitative estimate of drug-likeness (QED) is 0.866. The minimum absolute atomic E-state index is 0.181. The van der Waals surface area contributed by atoms with Gasteiger partial charge in [0.1, 0.15) is 6.10 Å². The first-order valence-corrected chi connectivity index (χ1v) is 6.61. The van der Waals surface area contributed by atoms with Gasteiger partial charge in [0, 0.05) is 26.4 Å². The zero-order chi connectivity index (χ0) is 13.8. The highest BCUT2D eigenvalue weighted by Gasteiger charge is 2.26. The van der Waals surface area contributed by atoms with Gasteiger partial charge in [-0.05, 0) is 25.8 Å². The van der Waals surface area contributed by atoms with Crippen LogP contribution in [0.5, 0.6) is 0 Å². The third-order valence-electron chi connectivity index (χ3n) is 3.46. The molecular formula is C13H21N3O3. The van der Waals surface area contributed by atoms with E-state index in [1.807, 2.05) is 16.9 Å². The molecule has 1 unspecified atom stereocenters. The first kappa shape index (κ1) is 14.0. The molecule has 2 rings (SSSR count). The predicted octanol–water partition coefficient (Wildman–Crippen LogP) is 0.574.